The van der Waals surface area contributed by atoms with E-state index in [1.165, 1.54) is 11.1 Å². The van der Waals surface area contributed by atoms with E-state index in [1.54, 1.807) is 18.2 Å². The average Bonchev–Trinajstić information content (AvgIpc) is 2.42. The Labute approximate surface area is 126 Å². The van der Waals surface area contributed by atoms with Gasteiger partial charge in [-0.1, -0.05) is 28.1 Å². The number of carboxylic acid groups (broad SMARTS) is 1. The molecule has 4 heteroatoms. The summed E-state index contributed by atoms with van der Waals surface area (Å²) in [6, 6.07) is 11.1. The molecular weight excluding hydrogens is 318 g/mol. The van der Waals surface area contributed by atoms with Crippen molar-refractivity contribution in [2.75, 3.05) is 5.32 Å². The van der Waals surface area contributed by atoms with E-state index in [4.69, 9.17) is 5.11 Å². The van der Waals surface area contributed by atoms with Gasteiger partial charge in [-0.3, -0.25) is 0 Å². The molecular formula is C16H16BrNO2. The van der Waals surface area contributed by atoms with Gasteiger partial charge in [0.25, 0.3) is 0 Å². The highest BCUT2D eigenvalue weighted by Crippen LogP contribution is 2.25. The number of hydrogen-bond acceptors (Lipinski definition) is 2. The summed E-state index contributed by atoms with van der Waals surface area (Å²) >= 11 is 3.54. The van der Waals surface area contributed by atoms with Crippen molar-refractivity contribution in [1.29, 1.82) is 0 Å². The van der Waals surface area contributed by atoms with Gasteiger partial charge in [-0.15, -0.1) is 0 Å². The van der Waals surface area contributed by atoms with Crippen LogP contribution in [0.15, 0.2) is 40.9 Å². The Hall–Kier alpha value is -1.81. The Balaban J connectivity index is 2.13. The van der Waals surface area contributed by atoms with Crippen molar-refractivity contribution in [3.05, 3.63) is 63.1 Å². The molecule has 2 N–H and O–H groups in total. The van der Waals surface area contributed by atoms with Crippen LogP contribution in [0.3, 0.4) is 0 Å². The van der Waals surface area contributed by atoms with Crippen LogP contribution in [0, 0.1) is 13.8 Å². The predicted octanol–water partition coefficient (Wildman–Crippen LogP) is 4.38. The molecule has 20 heavy (non-hydrogen) atoms. The summed E-state index contributed by atoms with van der Waals surface area (Å²) < 4.78 is 1.12. The van der Waals surface area contributed by atoms with Gasteiger partial charge in [0, 0.05) is 16.7 Å². The number of aromatic carboxylic acids is 1. The number of nitrogens with one attached hydrogen (secondary N) is 1. The molecule has 0 saturated heterocycles. The minimum atomic E-state index is -0.901. The number of halogens is 1. The average molecular weight is 334 g/mol. The largest absolute Gasteiger partial charge is 0.478 e. The first-order valence-electron chi connectivity index (χ1n) is 6.30. The van der Waals surface area contributed by atoms with Crippen LogP contribution in [0.5, 0.6) is 0 Å². The number of carboxylic acids is 1. The zero-order chi connectivity index (χ0) is 14.7. The Bertz CT molecular complexity index is 630. The fourth-order valence-electron chi connectivity index (χ4n) is 2.07. The normalized spacial score (nSPS) is 10.3. The molecule has 0 heterocycles. The highest BCUT2D eigenvalue weighted by Gasteiger charge is 2.04. The van der Waals surface area contributed by atoms with Crippen LogP contribution in [0.1, 0.15) is 27.0 Å². The van der Waals surface area contributed by atoms with Crippen LogP contribution in [-0.2, 0) is 6.54 Å². The maximum Gasteiger partial charge on any atom is 0.335 e. The summed E-state index contributed by atoms with van der Waals surface area (Å²) in [5.41, 5.74) is 4.64. The van der Waals surface area contributed by atoms with Gasteiger partial charge in [-0.25, -0.2) is 4.79 Å². The maximum absolute atomic E-state index is 10.9. The van der Waals surface area contributed by atoms with Crippen LogP contribution in [-0.4, -0.2) is 11.1 Å². The van der Waals surface area contributed by atoms with Gasteiger partial charge in [-0.2, -0.15) is 0 Å². The number of hydrogen-bond donors (Lipinski definition) is 2. The zero-order valence-corrected chi connectivity index (χ0v) is 13.0. The summed E-state index contributed by atoms with van der Waals surface area (Å²) in [5.74, 6) is -0.901. The first kappa shape index (κ1) is 14.6. The molecule has 3 nitrogen and oxygen atoms in total. The van der Waals surface area contributed by atoms with E-state index in [9.17, 15) is 4.79 Å². The first-order chi connectivity index (χ1) is 9.47. The van der Waals surface area contributed by atoms with E-state index in [2.05, 4.69) is 33.4 Å². The molecule has 0 aliphatic rings. The SMILES string of the molecule is Cc1cc(NCc2cccc(C(=O)O)c2)cc(C)c1Br. The summed E-state index contributed by atoms with van der Waals surface area (Å²) in [5, 5.41) is 12.3. The monoisotopic (exact) mass is 333 g/mol. The Morgan fingerprint density at radius 1 is 1.20 bits per heavy atom. The quantitative estimate of drug-likeness (QED) is 0.873. The second-order valence-corrected chi connectivity index (χ2v) is 5.58. The van der Waals surface area contributed by atoms with Crippen LogP contribution >= 0.6 is 15.9 Å². The molecule has 104 valence electrons. The van der Waals surface area contributed by atoms with Gasteiger partial charge >= 0.3 is 5.97 Å². The lowest BCUT2D eigenvalue weighted by Gasteiger charge is -2.11. The minimum Gasteiger partial charge on any atom is -0.478 e. The molecule has 0 radical (unpaired) electrons. The van der Waals surface area contributed by atoms with Crippen molar-refractivity contribution in [3.8, 4) is 0 Å². The van der Waals surface area contributed by atoms with Gasteiger partial charge < -0.3 is 10.4 Å². The standard InChI is InChI=1S/C16H16BrNO2/c1-10-6-14(7-11(2)15(10)17)18-9-12-4-3-5-13(8-12)16(19)20/h3-8,18H,9H2,1-2H3,(H,19,20). The molecule has 0 bridgehead atoms. The van der Waals surface area contributed by atoms with E-state index < -0.39 is 5.97 Å². The van der Waals surface area contributed by atoms with E-state index in [0.29, 0.717) is 12.1 Å². The smallest absolute Gasteiger partial charge is 0.335 e. The van der Waals surface area contributed by atoms with E-state index in [0.717, 1.165) is 15.7 Å². The molecule has 0 aliphatic heterocycles. The van der Waals surface area contributed by atoms with Crippen LogP contribution < -0.4 is 5.32 Å². The third-order valence-corrected chi connectivity index (χ3v) is 4.36. The Morgan fingerprint density at radius 2 is 1.85 bits per heavy atom. The van der Waals surface area contributed by atoms with E-state index >= 15 is 0 Å². The van der Waals surface area contributed by atoms with Gasteiger partial charge in [0.1, 0.15) is 0 Å². The second kappa shape index (κ2) is 6.09. The lowest BCUT2D eigenvalue weighted by molar-refractivity contribution is 0.0697. The maximum atomic E-state index is 10.9. The van der Waals surface area contributed by atoms with Crippen molar-refractivity contribution >= 4 is 27.6 Å². The van der Waals surface area contributed by atoms with Gasteiger partial charge in [-0.05, 0) is 54.8 Å². The van der Waals surface area contributed by atoms with Crippen LogP contribution in [0.2, 0.25) is 0 Å². The molecule has 0 aliphatic carbocycles. The van der Waals surface area contributed by atoms with E-state index in [-0.39, 0.29) is 0 Å². The number of aryl methyl sites for hydroxylation is 2. The first-order valence-corrected chi connectivity index (χ1v) is 7.09. The third-order valence-electron chi connectivity index (χ3n) is 3.11. The lowest BCUT2D eigenvalue weighted by Crippen LogP contribution is -2.03. The Morgan fingerprint density at radius 3 is 2.45 bits per heavy atom. The van der Waals surface area contributed by atoms with Crippen LogP contribution in [0.25, 0.3) is 0 Å². The molecule has 0 saturated carbocycles. The molecule has 0 atom stereocenters. The molecule has 0 unspecified atom stereocenters. The summed E-state index contributed by atoms with van der Waals surface area (Å²) in [4.78, 5) is 10.9. The highest BCUT2D eigenvalue weighted by atomic mass is 79.9. The molecule has 0 aromatic heterocycles. The number of benzene rings is 2. The van der Waals surface area contributed by atoms with Crippen LogP contribution in [0.4, 0.5) is 5.69 Å². The predicted molar refractivity (Wildman–Crippen MR) is 84.3 cm³/mol. The molecule has 0 spiro atoms. The molecule has 2 aromatic carbocycles. The summed E-state index contributed by atoms with van der Waals surface area (Å²) in [6.45, 7) is 4.70. The minimum absolute atomic E-state index is 0.312. The molecule has 2 aromatic rings. The number of carbonyl (C=O) groups is 1. The van der Waals surface area contributed by atoms with Gasteiger partial charge in [0.05, 0.1) is 5.56 Å². The summed E-state index contributed by atoms with van der Waals surface area (Å²) in [7, 11) is 0. The zero-order valence-electron chi connectivity index (χ0n) is 11.4. The Kier molecular flexibility index (Phi) is 4.45. The van der Waals surface area contributed by atoms with Crippen molar-refractivity contribution in [2.24, 2.45) is 0 Å². The fourth-order valence-corrected chi connectivity index (χ4v) is 2.30. The number of anilines is 1. The van der Waals surface area contributed by atoms with Crippen molar-refractivity contribution < 1.29 is 9.90 Å². The third kappa shape index (κ3) is 3.39. The molecule has 2 rings (SSSR count). The second-order valence-electron chi connectivity index (χ2n) is 4.78. The fraction of sp³-hybridized carbons (Fsp3) is 0.188. The summed E-state index contributed by atoms with van der Waals surface area (Å²) in [6.07, 6.45) is 0. The van der Waals surface area contributed by atoms with Gasteiger partial charge in [0.2, 0.25) is 0 Å². The van der Waals surface area contributed by atoms with Gasteiger partial charge in [0.15, 0.2) is 0 Å². The highest BCUT2D eigenvalue weighted by molar-refractivity contribution is 9.10. The molecule has 0 fully saturated rings. The van der Waals surface area contributed by atoms with Crippen molar-refractivity contribution in [1.82, 2.24) is 0 Å². The topological polar surface area (TPSA) is 49.3 Å². The lowest BCUT2D eigenvalue weighted by atomic mass is 10.1. The molecule has 0 amide bonds. The number of rotatable bonds is 4. The van der Waals surface area contributed by atoms with Crippen molar-refractivity contribution in [3.63, 3.8) is 0 Å². The van der Waals surface area contributed by atoms with E-state index in [1.807, 2.05) is 19.9 Å². The van der Waals surface area contributed by atoms with Crippen molar-refractivity contribution in [2.45, 2.75) is 20.4 Å².